The number of carbonyl (C=O) groups excluding carboxylic acids is 1. The highest BCUT2D eigenvalue weighted by molar-refractivity contribution is 5.98. The maximum Gasteiger partial charge on any atom is 0.166 e. The highest BCUT2D eigenvalue weighted by Crippen LogP contribution is 2.23. The lowest BCUT2D eigenvalue weighted by atomic mass is 10.0. The molecule has 0 saturated carbocycles. The van der Waals surface area contributed by atoms with E-state index in [4.69, 9.17) is 0 Å². The van der Waals surface area contributed by atoms with E-state index in [-0.39, 0.29) is 11.5 Å². The van der Waals surface area contributed by atoms with E-state index in [1.807, 2.05) is 19.1 Å². The fourth-order valence-corrected chi connectivity index (χ4v) is 2.44. The fourth-order valence-electron chi connectivity index (χ4n) is 2.44. The zero-order valence-electron chi connectivity index (χ0n) is 13.0. The van der Waals surface area contributed by atoms with Crippen LogP contribution >= 0.6 is 0 Å². The summed E-state index contributed by atoms with van der Waals surface area (Å²) in [5.41, 5.74) is 1.25. The number of phenols is 1. The second kappa shape index (κ2) is 9.57. The van der Waals surface area contributed by atoms with Crippen molar-refractivity contribution in [2.45, 2.75) is 71.6 Å². The number of unbranched alkanes of at least 4 members (excludes halogenated alkanes) is 7. The molecular weight excluding hydrogens is 248 g/mol. The quantitative estimate of drug-likeness (QED) is 0.458. The Kier molecular flexibility index (Phi) is 8.01. The highest BCUT2D eigenvalue weighted by atomic mass is 16.3. The van der Waals surface area contributed by atoms with Gasteiger partial charge in [-0.3, -0.25) is 4.79 Å². The second-order valence-electron chi connectivity index (χ2n) is 5.62. The molecule has 0 unspecified atom stereocenters. The van der Waals surface area contributed by atoms with Crippen LogP contribution in [0.5, 0.6) is 5.75 Å². The van der Waals surface area contributed by atoms with Crippen LogP contribution in [0.1, 0.15) is 80.6 Å². The molecule has 0 aliphatic heterocycles. The molecule has 0 atom stereocenters. The normalized spacial score (nSPS) is 10.7. The molecular formula is C18H28O2. The van der Waals surface area contributed by atoms with Gasteiger partial charge in [0.1, 0.15) is 5.75 Å². The lowest BCUT2D eigenvalue weighted by Crippen LogP contribution is -2.00. The van der Waals surface area contributed by atoms with E-state index >= 15 is 0 Å². The predicted molar refractivity (Wildman–Crippen MR) is 84.4 cm³/mol. The Balaban J connectivity index is 2.19. The topological polar surface area (TPSA) is 37.3 Å². The van der Waals surface area contributed by atoms with Gasteiger partial charge in [-0.1, -0.05) is 64.0 Å². The Hall–Kier alpha value is -1.31. The van der Waals surface area contributed by atoms with Crippen LogP contribution in [-0.4, -0.2) is 10.9 Å². The zero-order chi connectivity index (χ0) is 14.8. The summed E-state index contributed by atoms with van der Waals surface area (Å²) in [6, 6.07) is 5.37. The number of phenolic OH excluding ortho intramolecular Hbond substituents is 1. The van der Waals surface area contributed by atoms with Gasteiger partial charge in [-0.2, -0.15) is 0 Å². The molecule has 0 spiro atoms. The highest BCUT2D eigenvalue weighted by Gasteiger charge is 2.11. The van der Waals surface area contributed by atoms with Gasteiger partial charge in [-0.15, -0.1) is 0 Å². The van der Waals surface area contributed by atoms with Crippen LogP contribution in [-0.2, 0) is 0 Å². The van der Waals surface area contributed by atoms with Crippen LogP contribution in [0.3, 0.4) is 0 Å². The Labute approximate surface area is 123 Å². The number of rotatable bonds is 10. The molecule has 0 aliphatic carbocycles. The molecule has 0 saturated heterocycles. The summed E-state index contributed by atoms with van der Waals surface area (Å²) >= 11 is 0. The van der Waals surface area contributed by atoms with E-state index in [1.165, 1.54) is 38.5 Å². The van der Waals surface area contributed by atoms with Gasteiger partial charge in [0.15, 0.2) is 5.78 Å². The number of para-hydroxylation sites is 1. The van der Waals surface area contributed by atoms with Crippen molar-refractivity contribution in [1.29, 1.82) is 0 Å². The average Bonchev–Trinajstić information content (AvgIpc) is 2.44. The monoisotopic (exact) mass is 276 g/mol. The first-order chi connectivity index (χ1) is 9.66. The maximum absolute atomic E-state index is 12.0. The molecule has 112 valence electrons. The molecule has 20 heavy (non-hydrogen) atoms. The Morgan fingerprint density at radius 3 is 2.25 bits per heavy atom. The van der Waals surface area contributed by atoms with E-state index < -0.39 is 0 Å². The largest absolute Gasteiger partial charge is 0.507 e. The van der Waals surface area contributed by atoms with Gasteiger partial charge in [0.25, 0.3) is 0 Å². The van der Waals surface area contributed by atoms with Crippen LogP contribution < -0.4 is 0 Å². The van der Waals surface area contributed by atoms with Gasteiger partial charge < -0.3 is 5.11 Å². The summed E-state index contributed by atoms with van der Waals surface area (Å²) in [4.78, 5) is 12.0. The molecule has 0 aromatic heterocycles. The minimum absolute atomic E-state index is 0.0668. The van der Waals surface area contributed by atoms with E-state index in [9.17, 15) is 9.90 Å². The molecule has 0 radical (unpaired) electrons. The first-order valence-corrected chi connectivity index (χ1v) is 7.98. The number of hydrogen-bond donors (Lipinski definition) is 1. The molecule has 1 N–H and O–H groups in total. The summed E-state index contributed by atoms with van der Waals surface area (Å²) in [6.45, 7) is 4.05. The average molecular weight is 276 g/mol. The number of aromatic hydroxyl groups is 1. The molecule has 0 fully saturated rings. The summed E-state index contributed by atoms with van der Waals surface area (Å²) in [5, 5.41) is 9.87. The SMILES string of the molecule is CCCCCCCCCCC(=O)c1cccc(C)c1O. The summed E-state index contributed by atoms with van der Waals surface area (Å²) in [5.74, 6) is 0.217. The van der Waals surface area contributed by atoms with E-state index in [0.717, 1.165) is 18.4 Å². The van der Waals surface area contributed by atoms with Crippen LogP contribution in [0.2, 0.25) is 0 Å². The Morgan fingerprint density at radius 1 is 1.00 bits per heavy atom. The number of carbonyl (C=O) groups is 1. The summed E-state index contributed by atoms with van der Waals surface area (Å²) in [6.07, 6.45) is 10.4. The third-order valence-corrected chi connectivity index (χ3v) is 3.80. The Morgan fingerprint density at radius 2 is 1.60 bits per heavy atom. The second-order valence-corrected chi connectivity index (χ2v) is 5.62. The van der Waals surface area contributed by atoms with Gasteiger partial charge in [-0.05, 0) is 25.0 Å². The van der Waals surface area contributed by atoms with E-state index in [1.54, 1.807) is 6.07 Å². The third-order valence-electron chi connectivity index (χ3n) is 3.80. The van der Waals surface area contributed by atoms with Crippen LogP contribution in [0, 0.1) is 6.92 Å². The standard InChI is InChI=1S/C18H28O2/c1-3-4-5-6-7-8-9-10-14-17(19)16-13-11-12-15(2)18(16)20/h11-13,20H,3-10,14H2,1-2H3. The van der Waals surface area contributed by atoms with Gasteiger partial charge in [0.05, 0.1) is 5.56 Å². The molecule has 1 rings (SSSR count). The summed E-state index contributed by atoms with van der Waals surface area (Å²) < 4.78 is 0. The molecule has 0 amide bonds. The van der Waals surface area contributed by atoms with Crippen molar-refractivity contribution >= 4 is 5.78 Å². The molecule has 1 aromatic carbocycles. The molecule has 0 bridgehead atoms. The molecule has 0 heterocycles. The van der Waals surface area contributed by atoms with Crippen LogP contribution in [0.25, 0.3) is 0 Å². The van der Waals surface area contributed by atoms with Gasteiger partial charge in [0.2, 0.25) is 0 Å². The number of hydrogen-bond acceptors (Lipinski definition) is 2. The lowest BCUT2D eigenvalue weighted by molar-refractivity contribution is 0.0976. The number of benzene rings is 1. The van der Waals surface area contributed by atoms with Gasteiger partial charge in [-0.25, -0.2) is 0 Å². The smallest absolute Gasteiger partial charge is 0.166 e. The van der Waals surface area contributed by atoms with E-state index in [0.29, 0.717) is 12.0 Å². The first kappa shape index (κ1) is 16.7. The molecule has 2 heteroatoms. The summed E-state index contributed by atoms with van der Waals surface area (Å²) in [7, 11) is 0. The van der Waals surface area contributed by atoms with Gasteiger partial charge in [0, 0.05) is 6.42 Å². The van der Waals surface area contributed by atoms with Crippen molar-refractivity contribution in [1.82, 2.24) is 0 Å². The number of ketones is 1. The van der Waals surface area contributed by atoms with Crippen LogP contribution in [0.15, 0.2) is 18.2 Å². The van der Waals surface area contributed by atoms with Crippen molar-refractivity contribution in [3.63, 3.8) is 0 Å². The fraction of sp³-hybridized carbons (Fsp3) is 0.611. The minimum Gasteiger partial charge on any atom is -0.507 e. The molecule has 1 aromatic rings. The first-order valence-electron chi connectivity index (χ1n) is 7.98. The number of aryl methyl sites for hydroxylation is 1. The molecule has 2 nitrogen and oxygen atoms in total. The lowest BCUT2D eigenvalue weighted by Gasteiger charge is -2.06. The Bertz CT molecular complexity index is 410. The van der Waals surface area contributed by atoms with Crippen molar-refractivity contribution in [2.24, 2.45) is 0 Å². The predicted octanol–water partition coefficient (Wildman–Crippen LogP) is 5.41. The minimum atomic E-state index is 0.0668. The maximum atomic E-state index is 12.0. The van der Waals surface area contributed by atoms with Crippen molar-refractivity contribution in [3.8, 4) is 5.75 Å². The zero-order valence-corrected chi connectivity index (χ0v) is 13.0. The van der Waals surface area contributed by atoms with Crippen molar-refractivity contribution in [2.75, 3.05) is 0 Å². The third kappa shape index (κ3) is 5.77. The van der Waals surface area contributed by atoms with E-state index in [2.05, 4.69) is 6.92 Å². The number of Topliss-reactive ketones (excluding diaryl/α,β-unsaturated/α-hetero) is 1. The van der Waals surface area contributed by atoms with Crippen LogP contribution in [0.4, 0.5) is 0 Å². The van der Waals surface area contributed by atoms with Gasteiger partial charge >= 0.3 is 0 Å². The van der Waals surface area contributed by atoms with Crippen molar-refractivity contribution in [3.05, 3.63) is 29.3 Å². The van der Waals surface area contributed by atoms with Crippen molar-refractivity contribution < 1.29 is 9.90 Å². The molecule has 0 aliphatic rings.